The summed E-state index contributed by atoms with van der Waals surface area (Å²) < 4.78 is 0. The lowest BCUT2D eigenvalue weighted by Gasteiger charge is -2.36. The quantitative estimate of drug-likeness (QED) is 0.918. The van der Waals surface area contributed by atoms with E-state index in [1.807, 2.05) is 0 Å². The Morgan fingerprint density at radius 2 is 2.11 bits per heavy atom. The van der Waals surface area contributed by atoms with E-state index in [-0.39, 0.29) is 0 Å². The Kier molecular flexibility index (Phi) is 3.92. The SMILES string of the molecule is Cc1nc(C(C)NCC2CC3CCC(C2)N3C)cs1. The van der Waals surface area contributed by atoms with Crippen molar-refractivity contribution in [1.29, 1.82) is 0 Å². The first-order chi connectivity index (χ1) is 9.13. The molecule has 0 radical (unpaired) electrons. The first kappa shape index (κ1) is 13.5. The van der Waals surface area contributed by atoms with E-state index in [0.717, 1.165) is 24.5 Å². The fourth-order valence-corrected chi connectivity index (χ4v) is 4.42. The molecule has 0 aromatic carbocycles. The van der Waals surface area contributed by atoms with Crippen molar-refractivity contribution in [3.05, 3.63) is 16.1 Å². The van der Waals surface area contributed by atoms with Crippen LogP contribution in [0.25, 0.3) is 0 Å². The van der Waals surface area contributed by atoms with Gasteiger partial charge >= 0.3 is 0 Å². The molecule has 3 atom stereocenters. The number of piperidine rings is 1. The Labute approximate surface area is 120 Å². The summed E-state index contributed by atoms with van der Waals surface area (Å²) >= 11 is 1.75. The van der Waals surface area contributed by atoms with E-state index in [0.29, 0.717) is 6.04 Å². The van der Waals surface area contributed by atoms with Crippen molar-refractivity contribution in [1.82, 2.24) is 15.2 Å². The minimum Gasteiger partial charge on any atom is -0.309 e. The summed E-state index contributed by atoms with van der Waals surface area (Å²) in [6.45, 7) is 5.46. The van der Waals surface area contributed by atoms with Gasteiger partial charge in [-0.2, -0.15) is 0 Å². The van der Waals surface area contributed by atoms with Gasteiger partial charge in [0.1, 0.15) is 0 Å². The first-order valence-corrected chi connectivity index (χ1v) is 8.38. The molecule has 3 nitrogen and oxygen atoms in total. The summed E-state index contributed by atoms with van der Waals surface area (Å²) in [5.41, 5.74) is 1.21. The van der Waals surface area contributed by atoms with Crippen molar-refractivity contribution >= 4 is 11.3 Å². The molecule has 2 saturated heterocycles. The lowest BCUT2D eigenvalue weighted by molar-refractivity contribution is 0.131. The predicted octanol–water partition coefficient (Wildman–Crippen LogP) is 2.97. The third-order valence-electron chi connectivity index (χ3n) is 4.99. The fourth-order valence-electron chi connectivity index (χ4n) is 3.72. The Morgan fingerprint density at radius 3 is 2.68 bits per heavy atom. The number of aryl methyl sites for hydroxylation is 1. The maximum absolute atomic E-state index is 4.58. The van der Waals surface area contributed by atoms with Gasteiger partial charge in [-0.1, -0.05) is 0 Å². The normalized spacial score (nSPS) is 32.7. The molecule has 0 saturated carbocycles. The monoisotopic (exact) mass is 279 g/mol. The largest absolute Gasteiger partial charge is 0.309 e. The van der Waals surface area contributed by atoms with E-state index in [1.165, 1.54) is 36.4 Å². The number of aromatic nitrogens is 1. The minimum absolute atomic E-state index is 0.391. The maximum atomic E-state index is 4.58. The van der Waals surface area contributed by atoms with E-state index >= 15 is 0 Å². The van der Waals surface area contributed by atoms with E-state index in [9.17, 15) is 0 Å². The van der Waals surface area contributed by atoms with Crippen molar-refractivity contribution in [2.75, 3.05) is 13.6 Å². The fraction of sp³-hybridized carbons (Fsp3) is 0.800. The van der Waals surface area contributed by atoms with Crippen molar-refractivity contribution in [2.24, 2.45) is 5.92 Å². The van der Waals surface area contributed by atoms with E-state index in [1.54, 1.807) is 11.3 Å². The van der Waals surface area contributed by atoms with Gasteiger partial charge in [-0.05, 0) is 59.0 Å². The van der Waals surface area contributed by atoms with Gasteiger partial charge in [0.05, 0.1) is 10.7 Å². The van der Waals surface area contributed by atoms with E-state index in [2.05, 4.69) is 41.5 Å². The predicted molar refractivity (Wildman–Crippen MR) is 80.6 cm³/mol. The Balaban J connectivity index is 1.50. The average Bonchev–Trinajstić information content (AvgIpc) is 2.88. The topological polar surface area (TPSA) is 28.2 Å². The molecule has 3 rings (SSSR count). The number of rotatable bonds is 4. The van der Waals surface area contributed by atoms with Crippen molar-refractivity contribution in [2.45, 2.75) is 57.7 Å². The molecular formula is C15H25N3S. The summed E-state index contributed by atoms with van der Waals surface area (Å²) in [5.74, 6) is 0.857. The Hall–Kier alpha value is -0.450. The first-order valence-electron chi connectivity index (χ1n) is 7.51. The third kappa shape index (κ3) is 2.86. The van der Waals surface area contributed by atoms with Crippen LogP contribution in [0.1, 0.15) is 49.4 Å². The molecule has 1 N–H and O–H groups in total. The van der Waals surface area contributed by atoms with Gasteiger partial charge in [0.2, 0.25) is 0 Å². The lowest BCUT2D eigenvalue weighted by atomic mass is 9.91. The molecule has 3 heterocycles. The highest BCUT2D eigenvalue weighted by molar-refractivity contribution is 7.09. The molecular weight excluding hydrogens is 254 g/mol. The van der Waals surface area contributed by atoms with Crippen LogP contribution in [-0.4, -0.2) is 35.6 Å². The van der Waals surface area contributed by atoms with Gasteiger partial charge in [0.15, 0.2) is 0 Å². The molecule has 2 fully saturated rings. The van der Waals surface area contributed by atoms with Gasteiger partial charge in [-0.3, -0.25) is 0 Å². The standard InChI is InChI=1S/C15H25N3S/c1-10(15-9-19-11(2)17-15)16-8-12-6-13-4-5-14(7-12)18(13)3/h9-10,12-14,16H,4-8H2,1-3H3. The van der Waals surface area contributed by atoms with Crippen LogP contribution in [0.5, 0.6) is 0 Å². The summed E-state index contributed by atoms with van der Waals surface area (Å²) in [6.07, 6.45) is 5.59. The van der Waals surface area contributed by atoms with Crippen LogP contribution in [0, 0.1) is 12.8 Å². The van der Waals surface area contributed by atoms with Crippen LogP contribution in [-0.2, 0) is 0 Å². The maximum Gasteiger partial charge on any atom is 0.0898 e. The van der Waals surface area contributed by atoms with Crippen LogP contribution in [0.4, 0.5) is 0 Å². The average molecular weight is 279 g/mol. The molecule has 2 aliphatic rings. The van der Waals surface area contributed by atoms with Crippen molar-refractivity contribution < 1.29 is 0 Å². The number of nitrogens with zero attached hydrogens (tertiary/aromatic N) is 2. The summed E-state index contributed by atoms with van der Waals surface area (Å²) in [4.78, 5) is 7.19. The van der Waals surface area contributed by atoms with Crippen LogP contribution < -0.4 is 5.32 Å². The van der Waals surface area contributed by atoms with E-state index in [4.69, 9.17) is 0 Å². The highest BCUT2D eigenvalue weighted by atomic mass is 32.1. The summed E-state index contributed by atoms with van der Waals surface area (Å²) in [7, 11) is 2.31. The molecule has 2 bridgehead atoms. The molecule has 4 heteroatoms. The molecule has 3 unspecified atom stereocenters. The Morgan fingerprint density at radius 1 is 1.42 bits per heavy atom. The van der Waals surface area contributed by atoms with Crippen LogP contribution in [0.2, 0.25) is 0 Å². The molecule has 0 aliphatic carbocycles. The second kappa shape index (κ2) is 5.51. The van der Waals surface area contributed by atoms with E-state index < -0.39 is 0 Å². The Bertz CT molecular complexity index is 417. The number of hydrogen-bond donors (Lipinski definition) is 1. The van der Waals surface area contributed by atoms with Crippen molar-refractivity contribution in [3.63, 3.8) is 0 Å². The molecule has 19 heavy (non-hydrogen) atoms. The zero-order valence-corrected chi connectivity index (χ0v) is 13.0. The van der Waals surface area contributed by atoms with Crippen LogP contribution >= 0.6 is 11.3 Å². The highest BCUT2D eigenvalue weighted by Crippen LogP contribution is 2.37. The van der Waals surface area contributed by atoms with Crippen molar-refractivity contribution in [3.8, 4) is 0 Å². The minimum atomic E-state index is 0.391. The number of nitrogens with one attached hydrogen (secondary N) is 1. The number of fused-ring (bicyclic) bond motifs is 2. The van der Waals surface area contributed by atoms with Gasteiger partial charge in [0.25, 0.3) is 0 Å². The van der Waals surface area contributed by atoms with Gasteiger partial charge in [-0.25, -0.2) is 4.98 Å². The number of hydrogen-bond acceptors (Lipinski definition) is 4. The second-order valence-corrected chi connectivity index (χ2v) is 7.37. The van der Waals surface area contributed by atoms with Gasteiger partial charge in [0, 0.05) is 23.5 Å². The molecule has 1 aromatic rings. The zero-order valence-electron chi connectivity index (χ0n) is 12.2. The molecule has 0 spiro atoms. The molecule has 106 valence electrons. The van der Waals surface area contributed by atoms with Crippen LogP contribution in [0.3, 0.4) is 0 Å². The van der Waals surface area contributed by atoms with Gasteiger partial charge < -0.3 is 10.2 Å². The molecule has 0 amide bonds. The second-order valence-electron chi connectivity index (χ2n) is 6.31. The third-order valence-corrected chi connectivity index (χ3v) is 5.78. The lowest BCUT2D eigenvalue weighted by Crippen LogP contribution is -2.42. The zero-order chi connectivity index (χ0) is 13.4. The summed E-state index contributed by atoms with van der Waals surface area (Å²) in [5, 5.41) is 7.04. The van der Waals surface area contributed by atoms with Crippen LogP contribution in [0.15, 0.2) is 5.38 Å². The highest BCUT2D eigenvalue weighted by Gasteiger charge is 2.38. The van der Waals surface area contributed by atoms with Gasteiger partial charge in [-0.15, -0.1) is 11.3 Å². The molecule has 1 aromatic heterocycles. The molecule has 2 aliphatic heterocycles. The smallest absolute Gasteiger partial charge is 0.0898 e. The number of thiazole rings is 1. The summed E-state index contributed by atoms with van der Waals surface area (Å²) in [6, 6.07) is 2.09.